The molecule has 4 rings (SSSR count). The lowest BCUT2D eigenvalue weighted by molar-refractivity contribution is -0.122. The van der Waals surface area contributed by atoms with E-state index in [4.69, 9.17) is 4.74 Å². The Hall–Kier alpha value is -2.93. The molecule has 0 saturated carbocycles. The summed E-state index contributed by atoms with van der Waals surface area (Å²) in [5, 5.41) is 6.56. The molecule has 0 bridgehead atoms. The van der Waals surface area contributed by atoms with Crippen LogP contribution in [0.15, 0.2) is 36.4 Å². The van der Waals surface area contributed by atoms with Gasteiger partial charge in [-0.05, 0) is 49.2 Å². The molecular weight excluding hydrogens is 352 g/mol. The van der Waals surface area contributed by atoms with Crippen LogP contribution in [0, 0.1) is 11.6 Å². The van der Waals surface area contributed by atoms with Gasteiger partial charge in [-0.3, -0.25) is 10.1 Å². The van der Waals surface area contributed by atoms with Crippen LogP contribution < -0.4 is 15.4 Å². The number of ether oxygens (including phenoxy) is 1. The Balaban J connectivity index is 1.77. The average Bonchev–Trinajstić information content (AvgIpc) is 3.04. The van der Waals surface area contributed by atoms with Crippen molar-refractivity contribution in [2.24, 2.45) is 0 Å². The van der Waals surface area contributed by atoms with Crippen LogP contribution in [-0.2, 0) is 16.8 Å². The summed E-state index contributed by atoms with van der Waals surface area (Å²) in [6, 6.07) is 9.12. The van der Waals surface area contributed by atoms with Gasteiger partial charge in [-0.1, -0.05) is 6.07 Å². The molecule has 140 valence electrons. The summed E-state index contributed by atoms with van der Waals surface area (Å²) in [5.74, 6) is -1.44. The fourth-order valence-corrected chi connectivity index (χ4v) is 3.62. The third-order valence-electron chi connectivity index (χ3n) is 5.12. The van der Waals surface area contributed by atoms with E-state index in [0.717, 1.165) is 40.8 Å². The number of halogens is 2. The number of nitrogens with one attached hydrogen (secondary N) is 3. The average molecular weight is 371 g/mol. The highest BCUT2D eigenvalue weighted by Gasteiger charge is 2.41. The Kier molecular flexibility index (Phi) is 4.11. The summed E-state index contributed by atoms with van der Waals surface area (Å²) in [5.41, 5.74) is 0.950. The van der Waals surface area contributed by atoms with E-state index in [0.29, 0.717) is 12.2 Å². The Morgan fingerprint density at radius 3 is 2.67 bits per heavy atom. The molecule has 0 aliphatic carbocycles. The number of hydrogen-bond donors (Lipinski definition) is 3. The van der Waals surface area contributed by atoms with E-state index in [9.17, 15) is 13.6 Å². The van der Waals surface area contributed by atoms with Crippen molar-refractivity contribution in [2.75, 3.05) is 19.0 Å². The number of rotatable bonds is 3. The number of H-pyrrole nitrogens is 1. The second-order valence-electron chi connectivity index (χ2n) is 6.74. The predicted octanol–water partition coefficient (Wildman–Crippen LogP) is 3.45. The second-order valence-corrected chi connectivity index (χ2v) is 6.74. The van der Waals surface area contributed by atoms with Crippen LogP contribution in [0.2, 0.25) is 0 Å². The van der Waals surface area contributed by atoms with Crippen molar-refractivity contribution >= 4 is 22.5 Å². The normalized spacial score (nSPS) is 19.0. The van der Waals surface area contributed by atoms with Crippen molar-refractivity contribution in [2.45, 2.75) is 18.9 Å². The first-order chi connectivity index (χ1) is 12.9. The number of benzene rings is 2. The number of carbonyl (C=O) groups is 1. The van der Waals surface area contributed by atoms with Crippen molar-refractivity contribution in [3.63, 3.8) is 0 Å². The largest absolute Gasteiger partial charge is 0.497 e. The molecular formula is C20H19F2N3O2. The molecule has 0 unspecified atom stereocenters. The number of fused-ring (bicyclic) bond motifs is 3. The summed E-state index contributed by atoms with van der Waals surface area (Å²) in [7, 11) is 1.60. The maximum atomic E-state index is 14.0. The second kappa shape index (κ2) is 6.35. The van der Waals surface area contributed by atoms with E-state index in [1.54, 1.807) is 14.0 Å². The van der Waals surface area contributed by atoms with Crippen LogP contribution in [0.25, 0.3) is 10.9 Å². The quantitative estimate of drug-likeness (QED) is 0.661. The molecule has 0 saturated heterocycles. The molecule has 2 aromatic carbocycles. The first-order valence-corrected chi connectivity index (χ1v) is 8.63. The maximum Gasteiger partial charge on any atom is 0.250 e. The van der Waals surface area contributed by atoms with Crippen LogP contribution in [-0.4, -0.2) is 24.5 Å². The molecule has 1 aliphatic rings. The highest BCUT2D eigenvalue weighted by molar-refractivity contribution is 6.00. The minimum Gasteiger partial charge on any atom is -0.497 e. The smallest absolute Gasteiger partial charge is 0.250 e. The molecule has 0 spiro atoms. The zero-order chi connectivity index (χ0) is 19.2. The third kappa shape index (κ3) is 2.75. The number of para-hydroxylation sites is 1. The van der Waals surface area contributed by atoms with Gasteiger partial charge in [0.05, 0.1) is 7.11 Å². The lowest BCUT2D eigenvalue weighted by Crippen LogP contribution is -2.53. The fraction of sp³-hybridized carbons (Fsp3) is 0.250. The Morgan fingerprint density at radius 2 is 1.96 bits per heavy atom. The van der Waals surface area contributed by atoms with Gasteiger partial charge in [0, 0.05) is 23.1 Å². The van der Waals surface area contributed by atoms with Crippen LogP contribution in [0.1, 0.15) is 18.2 Å². The number of aromatic amines is 1. The summed E-state index contributed by atoms with van der Waals surface area (Å²) in [4.78, 5) is 16.3. The number of carbonyl (C=O) groups excluding carboxylic acids is 1. The Bertz CT molecular complexity index is 1030. The van der Waals surface area contributed by atoms with Gasteiger partial charge < -0.3 is 15.0 Å². The van der Waals surface area contributed by atoms with Crippen LogP contribution in [0.3, 0.4) is 0 Å². The molecule has 2 heterocycles. The number of amides is 1. The van der Waals surface area contributed by atoms with Crippen molar-refractivity contribution in [3.05, 3.63) is 59.3 Å². The number of hydrogen-bond acceptors (Lipinski definition) is 3. The van der Waals surface area contributed by atoms with Gasteiger partial charge in [0.1, 0.15) is 28.6 Å². The SMILES string of the molecule is COc1ccc2[nH]c3c(c2c1)CCN[C@]3(C)C(=O)Nc1c(F)cccc1F. The van der Waals surface area contributed by atoms with Gasteiger partial charge in [0.25, 0.3) is 5.91 Å². The first-order valence-electron chi connectivity index (χ1n) is 8.63. The summed E-state index contributed by atoms with van der Waals surface area (Å²) in [6.45, 7) is 2.26. The van der Waals surface area contributed by atoms with Gasteiger partial charge in [0.15, 0.2) is 0 Å². The molecule has 1 aromatic heterocycles. The highest BCUT2D eigenvalue weighted by Crippen LogP contribution is 2.36. The van der Waals surface area contributed by atoms with E-state index in [1.165, 1.54) is 6.07 Å². The summed E-state index contributed by atoms with van der Waals surface area (Å²) < 4.78 is 33.2. The van der Waals surface area contributed by atoms with Crippen LogP contribution in [0.4, 0.5) is 14.5 Å². The minimum absolute atomic E-state index is 0.449. The number of anilines is 1. The van der Waals surface area contributed by atoms with Crippen LogP contribution in [0.5, 0.6) is 5.75 Å². The molecule has 7 heteroatoms. The van der Waals surface area contributed by atoms with Gasteiger partial charge in [-0.2, -0.15) is 0 Å². The van der Waals surface area contributed by atoms with E-state index in [2.05, 4.69) is 15.6 Å². The highest BCUT2D eigenvalue weighted by atomic mass is 19.1. The van der Waals surface area contributed by atoms with Gasteiger partial charge in [-0.25, -0.2) is 8.78 Å². The number of aromatic nitrogens is 1. The fourth-order valence-electron chi connectivity index (χ4n) is 3.62. The molecule has 0 fully saturated rings. The molecule has 27 heavy (non-hydrogen) atoms. The Morgan fingerprint density at radius 1 is 1.22 bits per heavy atom. The molecule has 5 nitrogen and oxygen atoms in total. The zero-order valence-electron chi connectivity index (χ0n) is 15.0. The summed E-state index contributed by atoms with van der Waals surface area (Å²) in [6.07, 6.45) is 0.722. The Labute approximate surface area is 154 Å². The van der Waals surface area contributed by atoms with E-state index in [1.807, 2.05) is 18.2 Å². The predicted molar refractivity (Wildman–Crippen MR) is 98.9 cm³/mol. The lowest BCUT2D eigenvalue weighted by atomic mass is 9.87. The molecule has 1 atom stereocenters. The third-order valence-corrected chi connectivity index (χ3v) is 5.12. The van der Waals surface area contributed by atoms with E-state index < -0.39 is 28.8 Å². The minimum atomic E-state index is -1.16. The lowest BCUT2D eigenvalue weighted by Gasteiger charge is -2.33. The molecule has 3 aromatic rings. The van der Waals surface area contributed by atoms with Gasteiger partial charge in [0.2, 0.25) is 0 Å². The van der Waals surface area contributed by atoms with Crippen LogP contribution >= 0.6 is 0 Å². The monoisotopic (exact) mass is 371 g/mol. The van der Waals surface area contributed by atoms with E-state index in [-0.39, 0.29) is 0 Å². The van der Waals surface area contributed by atoms with Crippen molar-refractivity contribution in [1.29, 1.82) is 0 Å². The van der Waals surface area contributed by atoms with Crippen molar-refractivity contribution < 1.29 is 18.3 Å². The number of methoxy groups -OCH3 is 1. The molecule has 1 amide bonds. The zero-order valence-corrected chi connectivity index (χ0v) is 15.0. The topological polar surface area (TPSA) is 66.1 Å². The van der Waals surface area contributed by atoms with Gasteiger partial charge >= 0.3 is 0 Å². The molecule has 1 aliphatic heterocycles. The van der Waals surface area contributed by atoms with E-state index >= 15 is 0 Å². The molecule has 0 radical (unpaired) electrons. The van der Waals surface area contributed by atoms with Crippen molar-refractivity contribution in [1.82, 2.24) is 10.3 Å². The van der Waals surface area contributed by atoms with Crippen molar-refractivity contribution in [3.8, 4) is 5.75 Å². The first kappa shape index (κ1) is 17.5. The van der Waals surface area contributed by atoms with Gasteiger partial charge in [-0.15, -0.1) is 0 Å². The molecule has 3 N–H and O–H groups in total. The standard InChI is InChI=1S/C20H19F2N3O2/c1-20(19(26)25-17-14(21)4-3-5-15(17)22)18-12(8-9-23-20)13-10-11(27-2)6-7-16(13)24-18/h3-7,10,23-24H,8-9H2,1-2H3,(H,25,26)/t20-/m0/s1. The summed E-state index contributed by atoms with van der Waals surface area (Å²) >= 11 is 0. The maximum absolute atomic E-state index is 14.0.